The normalized spacial score (nSPS) is 44.6. The van der Waals surface area contributed by atoms with Crippen molar-refractivity contribution in [3.8, 4) is 0 Å². The van der Waals surface area contributed by atoms with Crippen molar-refractivity contribution < 1.29 is 0 Å². The van der Waals surface area contributed by atoms with Crippen molar-refractivity contribution in [3.63, 3.8) is 0 Å². The fourth-order valence-corrected chi connectivity index (χ4v) is 1.30. The van der Waals surface area contributed by atoms with Crippen molar-refractivity contribution in [2.24, 2.45) is 0 Å². The second-order valence-electron chi connectivity index (χ2n) is 2.29. The van der Waals surface area contributed by atoms with E-state index in [-0.39, 0.29) is 7.43 Å². The van der Waals surface area contributed by atoms with Crippen molar-refractivity contribution in [3.05, 3.63) is 0 Å². The van der Waals surface area contributed by atoms with Crippen LogP contribution in [0, 0.1) is 0 Å². The molecule has 2 unspecified atom stereocenters. The Morgan fingerprint density at radius 1 is 1.43 bits per heavy atom. The molecule has 0 aliphatic carbocycles. The van der Waals surface area contributed by atoms with Crippen LogP contribution in [0.1, 0.15) is 20.3 Å². The molecule has 2 aliphatic heterocycles. The highest BCUT2D eigenvalue weighted by molar-refractivity contribution is 4.94. The molecule has 7 heavy (non-hydrogen) atoms. The van der Waals surface area contributed by atoms with Gasteiger partial charge in [-0.3, -0.25) is 4.90 Å². The van der Waals surface area contributed by atoms with Gasteiger partial charge in [-0.05, 0) is 19.4 Å². The summed E-state index contributed by atoms with van der Waals surface area (Å²) >= 11 is 0. The van der Waals surface area contributed by atoms with Gasteiger partial charge in [-0.2, -0.15) is 0 Å². The number of hydrogen-bond acceptors (Lipinski definition) is 1. The van der Waals surface area contributed by atoms with Gasteiger partial charge in [0.15, 0.2) is 0 Å². The molecule has 0 saturated carbocycles. The summed E-state index contributed by atoms with van der Waals surface area (Å²) in [5.41, 5.74) is 0. The van der Waals surface area contributed by atoms with Crippen LogP contribution in [0.15, 0.2) is 0 Å². The molecule has 2 saturated heterocycles. The molecule has 2 aliphatic rings. The first-order valence-corrected chi connectivity index (χ1v) is 2.71. The van der Waals surface area contributed by atoms with Crippen LogP contribution in [0.2, 0.25) is 0 Å². The van der Waals surface area contributed by atoms with Crippen LogP contribution in [0.5, 0.6) is 0 Å². The molecule has 0 aromatic rings. The molecular weight excluding hydrogens is 86.1 g/mol. The standard InChI is InChI=1S/C5H9N.CH4/c1-2-5-4-6(5)3-1;/h5H,1-4H2;1H4. The summed E-state index contributed by atoms with van der Waals surface area (Å²) in [4.78, 5) is 2.53. The van der Waals surface area contributed by atoms with E-state index in [1.807, 2.05) is 0 Å². The smallest absolute Gasteiger partial charge is 0.0224 e. The zero-order chi connectivity index (χ0) is 3.98. The van der Waals surface area contributed by atoms with Crippen molar-refractivity contribution >= 4 is 0 Å². The minimum atomic E-state index is 0. The Hall–Kier alpha value is -0.0400. The number of rotatable bonds is 0. The van der Waals surface area contributed by atoms with E-state index in [1.54, 1.807) is 0 Å². The Kier molecular flexibility index (Phi) is 1.08. The predicted octanol–water partition coefficient (Wildman–Crippen LogP) is 1.10. The van der Waals surface area contributed by atoms with E-state index >= 15 is 0 Å². The highest BCUT2D eigenvalue weighted by Crippen LogP contribution is 2.28. The lowest BCUT2D eigenvalue weighted by Gasteiger charge is -1.83. The van der Waals surface area contributed by atoms with Gasteiger partial charge in [-0.15, -0.1) is 0 Å². The Morgan fingerprint density at radius 2 is 2.29 bits per heavy atom. The van der Waals surface area contributed by atoms with E-state index in [0.29, 0.717) is 0 Å². The van der Waals surface area contributed by atoms with Gasteiger partial charge in [0.2, 0.25) is 0 Å². The number of piperidine rings is 1. The molecular formula is C6H13N. The fraction of sp³-hybridized carbons (Fsp3) is 1.00. The maximum Gasteiger partial charge on any atom is 0.0224 e. The van der Waals surface area contributed by atoms with Gasteiger partial charge in [0.25, 0.3) is 0 Å². The number of fused-ring (bicyclic) bond motifs is 1. The first-order valence-electron chi connectivity index (χ1n) is 2.71. The van der Waals surface area contributed by atoms with E-state index in [4.69, 9.17) is 0 Å². The molecule has 0 spiro atoms. The zero-order valence-electron chi connectivity index (χ0n) is 3.85. The Balaban J connectivity index is 0.000000245. The Labute approximate surface area is 45.3 Å². The minimum Gasteiger partial charge on any atom is -0.298 e. The van der Waals surface area contributed by atoms with E-state index in [1.165, 1.54) is 25.9 Å². The summed E-state index contributed by atoms with van der Waals surface area (Å²) in [6.45, 7) is 2.81. The van der Waals surface area contributed by atoms with Crippen LogP contribution < -0.4 is 0 Å². The Morgan fingerprint density at radius 3 is 2.43 bits per heavy atom. The summed E-state index contributed by atoms with van der Waals surface area (Å²) in [6.07, 6.45) is 2.95. The van der Waals surface area contributed by atoms with Gasteiger partial charge >= 0.3 is 0 Å². The van der Waals surface area contributed by atoms with Crippen LogP contribution in [0.3, 0.4) is 0 Å². The van der Waals surface area contributed by atoms with Crippen LogP contribution in [-0.4, -0.2) is 24.0 Å². The van der Waals surface area contributed by atoms with Gasteiger partial charge < -0.3 is 0 Å². The molecule has 0 N–H and O–H groups in total. The van der Waals surface area contributed by atoms with Crippen LogP contribution in [0.4, 0.5) is 0 Å². The maximum atomic E-state index is 2.53. The van der Waals surface area contributed by atoms with Crippen LogP contribution >= 0.6 is 0 Å². The lowest BCUT2D eigenvalue weighted by atomic mass is 10.3. The van der Waals surface area contributed by atoms with Gasteiger partial charge in [0, 0.05) is 12.6 Å². The van der Waals surface area contributed by atoms with E-state index in [9.17, 15) is 0 Å². The molecule has 2 fully saturated rings. The third-order valence-electron chi connectivity index (χ3n) is 1.81. The molecule has 1 nitrogen and oxygen atoms in total. The van der Waals surface area contributed by atoms with Crippen molar-refractivity contribution in [1.82, 2.24) is 4.90 Å². The summed E-state index contributed by atoms with van der Waals surface area (Å²) in [5, 5.41) is 0. The average Bonchev–Trinajstić information content (AvgIpc) is 2.17. The molecule has 2 atom stereocenters. The fourth-order valence-electron chi connectivity index (χ4n) is 1.30. The molecule has 42 valence electrons. The van der Waals surface area contributed by atoms with Crippen molar-refractivity contribution in [2.75, 3.05) is 13.1 Å². The quantitative estimate of drug-likeness (QED) is 0.411. The minimum absolute atomic E-state index is 0. The van der Waals surface area contributed by atoms with E-state index in [0.717, 1.165) is 6.04 Å². The predicted molar refractivity (Wildman–Crippen MR) is 31.3 cm³/mol. The number of hydrogen-bond donors (Lipinski definition) is 0. The largest absolute Gasteiger partial charge is 0.298 e. The van der Waals surface area contributed by atoms with Gasteiger partial charge in [0.1, 0.15) is 0 Å². The summed E-state index contributed by atoms with van der Waals surface area (Å²) < 4.78 is 0. The molecule has 0 aromatic carbocycles. The monoisotopic (exact) mass is 99.1 g/mol. The summed E-state index contributed by atoms with van der Waals surface area (Å²) in [7, 11) is 0. The Bertz CT molecular complexity index is 62.6. The SMILES string of the molecule is C.C1CC2CN2C1. The first kappa shape index (κ1) is 5.10. The molecule has 0 aromatic heterocycles. The molecule has 2 rings (SSSR count). The van der Waals surface area contributed by atoms with Crippen molar-refractivity contribution in [2.45, 2.75) is 26.3 Å². The molecule has 2 heterocycles. The topological polar surface area (TPSA) is 3.01 Å². The molecule has 0 bridgehead atoms. The summed E-state index contributed by atoms with van der Waals surface area (Å²) in [5.74, 6) is 0. The molecule has 0 radical (unpaired) electrons. The zero-order valence-corrected chi connectivity index (χ0v) is 3.85. The molecule has 1 heteroatoms. The van der Waals surface area contributed by atoms with Gasteiger partial charge in [-0.1, -0.05) is 7.43 Å². The summed E-state index contributed by atoms with van der Waals surface area (Å²) in [6, 6.07) is 1.05. The first-order chi connectivity index (χ1) is 2.97. The second-order valence-corrected chi connectivity index (χ2v) is 2.29. The van der Waals surface area contributed by atoms with E-state index < -0.39 is 0 Å². The lowest BCUT2D eigenvalue weighted by molar-refractivity contribution is 0.593. The van der Waals surface area contributed by atoms with Crippen molar-refractivity contribution in [1.29, 1.82) is 0 Å². The van der Waals surface area contributed by atoms with E-state index in [2.05, 4.69) is 4.90 Å². The second kappa shape index (κ2) is 1.48. The van der Waals surface area contributed by atoms with Gasteiger partial charge in [0.05, 0.1) is 0 Å². The average molecular weight is 99.2 g/mol. The van der Waals surface area contributed by atoms with Gasteiger partial charge in [-0.25, -0.2) is 0 Å². The lowest BCUT2D eigenvalue weighted by Crippen LogP contribution is -1.90. The highest BCUT2D eigenvalue weighted by Gasteiger charge is 2.37. The highest BCUT2D eigenvalue weighted by atomic mass is 15.3. The maximum absolute atomic E-state index is 2.53. The number of nitrogens with zero attached hydrogens (tertiary/aromatic N) is 1. The van der Waals surface area contributed by atoms with Crippen LogP contribution in [0.25, 0.3) is 0 Å². The molecule has 0 amide bonds. The third-order valence-corrected chi connectivity index (χ3v) is 1.81. The third kappa shape index (κ3) is 0.653. The van der Waals surface area contributed by atoms with Crippen LogP contribution in [-0.2, 0) is 0 Å².